The molecule has 2 rings (SSSR count). The van der Waals surface area contributed by atoms with Gasteiger partial charge in [-0.15, -0.1) is 0 Å². The molecule has 8 nitrogen and oxygen atoms in total. The summed E-state index contributed by atoms with van der Waals surface area (Å²) in [5.41, 5.74) is 0.740. The average Bonchev–Trinajstić information content (AvgIpc) is 2.88. The maximum Gasteiger partial charge on any atom is 0.342 e. The molecule has 1 aromatic rings. The fraction of sp³-hybridized carbons (Fsp3) is 0.375. The Balaban J connectivity index is 1.83. The van der Waals surface area contributed by atoms with E-state index in [2.05, 4.69) is 5.32 Å². The number of phenols is 1. The average molecular weight is 366 g/mol. The summed E-state index contributed by atoms with van der Waals surface area (Å²) in [6.07, 6.45) is -1.09. The van der Waals surface area contributed by atoms with Gasteiger partial charge in [-0.1, -0.05) is 23.4 Å². The second kappa shape index (κ2) is 8.02. The third kappa shape index (κ3) is 4.72. The van der Waals surface area contributed by atoms with Crippen LogP contribution in [0.25, 0.3) is 0 Å². The normalized spacial score (nSPS) is 15.2. The van der Waals surface area contributed by atoms with Crippen molar-refractivity contribution < 1.29 is 29.0 Å². The Bertz CT molecular complexity index is 705. The molecule has 134 valence electrons. The summed E-state index contributed by atoms with van der Waals surface area (Å²) >= 11 is 0.919. The Morgan fingerprint density at radius 1 is 1.40 bits per heavy atom. The highest BCUT2D eigenvalue weighted by Gasteiger charge is 2.29. The van der Waals surface area contributed by atoms with Gasteiger partial charge in [-0.2, -0.15) is 0 Å². The Morgan fingerprint density at radius 3 is 2.76 bits per heavy atom. The minimum atomic E-state index is -1.09. The number of hydrogen-bond donors (Lipinski definition) is 2. The van der Waals surface area contributed by atoms with E-state index in [0.29, 0.717) is 0 Å². The van der Waals surface area contributed by atoms with Crippen LogP contribution < -0.4 is 5.32 Å². The van der Waals surface area contributed by atoms with Crippen molar-refractivity contribution in [1.29, 1.82) is 0 Å². The van der Waals surface area contributed by atoms with Crippen LogP contribution in [-0.4, -0.2) is 58.0 Å². The van der Waals surface area contributed by atoms with Gasteiger partial charge >= 0.3 is 5.97 Å². The number of carbonyl (C=O) groups is 4. The van der Waals surface area contributed by atoms with Gasteiger partial charge in [-0.05, 0) is 26.0 Å². The number of benzene rings is 1. The van der Waals surface area contributed by atoms with Gasteiger partial charge in [0.15, 0.2) is 6.10 Å². The number of phenolic OH excluding ortho intramolecular Hbond substituents is 1. The molecule has 0 aromatic heterocycles. The fourth-order valence-corrected chi connectivity index (χ4v) is 2.87. The minimum Gasteiger partial charge on any atom is -0.507 e. The van der Waals surface area contributed by atoms with Crippen molar-refractivity contribution in [2.75, 3.05) is 18.8 Å². The van der Waals surface area contributed by atoms with Crippen molar-refractivity contribution in [1.82, 2.24) is 10.2 Å². The lowest BCUT2D eigenvalue weighted by atomic mass is 10.1. The van der Waals surface area contributed by atoms with E-state index in [0.717, 1.165) is 22.2 Å². The molecule has 25 heavy (non-hydrogen) atoms. The number of imide groups is 1. The van der Waals surface area contributed by atoms with E-state index in [1.165, 1.54) is 19.1 Å². The molecule has 2 N–H and O–H groups in total. The molecule has 0 spiro atoms. The number of ether oxygens (including phenoxy) is 1. The van der Waals surface area contributed by atoms with Gasteiger partial charge in [0, 0.05) is 13.1 Å². The lowest BCUT2D eigenvalue weighted by Crippen LogP contribution is -2.41. The van der Waals surface area contributed by atoms with Crippen molar-refractivity contribution in [2.24, 2.45) is 0 Å². The molecular formula is C16H18N2O6S. The van der Waals surface area contributed by atoms with Crippen LogP contribution >= 0.6 is 11.8 Å². The smallest absolute Gasteiger partial charge is 0.342 e. The first kappa shape index (κ1) is 18.8. The fourth-order valence-electron chi connectivity index (χ4n) is 2.12. The monoisotopic (exact) mass is 366 g/mol. The van der Waals surface area contributed by atoms with E-state index < -0.39 is 18.0 Å². The summed E-state index contributed by atoms with van der Waals surface area (Å²) in [4.78, 5) is 47.9. The lowest BCUT2D eigenvalue weighted by Gasteiger charge is -2.16. The van der Waals surface area contributed by atoms with Gasteiger partial charge in [0.2, 0.25) is 5.91 Å². The number of nitrogens with one attached hydrogen (secondary N) is 1. The maximum absolute atomic E-state index is 12.0. The van der Waals surface area contributed by atoms with Crippen molar-refractivity contribution >= 4 is 34.8 Å². The number of carbonyl (C=O) groups excluding carboxylic acids is 4. The van der Waals surface area contributed by atoms with E-state index in [1.54, 1.807) is 13.0 Å². The van der Waals surface area contributed by atoms with Crippen LogP contribution in [0.15, 0.2) is 18.2 Å². The minimum absolute atomic E-state index is 0.0232. The summed E-state index contributed by atoms with van der Waals surface area (Å²) in [5.74, 6) is -1.79. The van der Waals surface area contributed by atoms with Crippen LogP contribution in [0.5, 0.6) is 5.75 Å². The third-order valence-electron chi connectivity index (χ3n) is 3.50. The van der Waals surface area contributed by atoms with Crippen molar-refractivity contribution in [3.63, 3.8) is 0 Å². The van der Waals surface area contributed by atoms with E-state index in [-0.39, 0.29) is 41.3 Å². The van der Waals surface area contributed by atoms with E-state index in [9.17, 15) is 24.3 Å². The number of hydrogen-bond acceptors (Lipinski definition) is 7. The molecule has 1 aliphatic heterocycles. The van der Waals surface area contributed by atoms with Crippen LogP contribution in [0.2, 0.25) is 0 Å². The SMILES string of the molecule is Cc1ccc(O)c(C(=O)O[C@H](C)C(=O)NCCN2C(=O)CSC2=O)c1. The summed E-state index contributed by atoms with van der Waals surface area (Å²) < 4.78 is 5.04. The molecule has 9 heteroatoms. The number of rotatable bonds is 6. The zero-order chi connectivity index (χ0) is 18.6. The summed E-state index contributed by atoms with van der Waals surface area (Å²) in [6.45, 7) is 3.28. The predicted molar refractivity (Wildman–Crippen MR) is 90.3 cm³/mol. The zero-order valence-electron chi connectivity index (χ0n) is 13.8. The molecule has 0 saturated carbocycles. The second-order valence-corrected chi connectivity index (χ2v) is 6.39. The number of nitrogens with zero attached hydrogens (tertiary/aromatic N) is 1. The first-order valence-corrected chi connectivity index (χ1v) is 8.53. The van der Waals surface area contributed by atoms with Gasteiger partial charge in [-0.3, -0.25) is 19.3 Å². The highest BCUT2D eigenvalue weighted by molar-refractivity contribution is 8.14. The molecule has 1 fully saturated rings. The maximum atomic E-state index is 12.0. The zero-order valence-corrected chi connectivity index (χ0v) is 14.6. The molecule has 1 saturated heterocycles. The Labute approximate surface area is 148 Å². The molecule has 3 amide bonds. The summed E-state index contributed by atoms with van der Waals surface area (Å²) in [5, 5.41) is 11.9. The Hall–Kier alpha value is -2.55. The summed E-state index contributed by atoms with van der Waals surface area (Å²) in [7, 11) is 0. The Kier molecular flexibility index (Phi) is 6.02. The van der Waals surface area contributed by atoms with Gasteiger partial charge in [-0.25, -0.2) is 4.79 Å². The molecule has 0 aliphatic carbocycles. The first-order valence-electron chi connectivity index (χ1n) is 7.55. The van der Waals surface area contributed by atoms with E-state index in [4.69, 9.17) is 4.74 Å². The Morgan fingerprint density at radius 2 is 2.12 bits per heavy atom. The third-order valence-corrected chi connectivity index (χ3v) is 4.36. The standard InChI is InChI=1S/C16H18N2O6S/c1-9-3-4-12(19)11(7-9)15(22)24-10(2)14(21)17-5-6-18-13(20)8-25-16(18)23/h3-4,7,10,19H,5-6,8H2,1-2H3,(H,17,21)/t10-/m1/s1. The van der Waals surface area contributed by atoms with Crippen LogP contribution in [0, 0.1) is 6.92 Å². The van der Waals surface area contributed by atoms with Gasteiger partial charge < -0.3 is 15.2 Å². The molecule has 1 aliphatic rings. The predicted octanol–water partition coefficient (Wildman–Crippen LogP) is 1.06. The van der Waals surface area contributed by atoms with Crippen LogP contribution in [-0.2, 0) is 14.3 Å². The van der Waals surface area contributed by atoms with Crippen LogP contribution in [0.3, 0.4) is 0 Å². The molecule has 1 aromatic carbocycles. The highest BCUT2D eigenvalue weighted by atomic mass is 32.2. The topological polar surface area (TPSA) is 113 Å². The molecule has 1 atom stereocenters. The number of aromatic hydroxyl groups is 1. The largest absolute Gasteiger partial charge is 0.507 e. The van der Waals surface area contributed by atoms with Gasteiger partial charge in [0.05, 0.1) is 5.75 Å². The first-order chi connectivity index (χ1) is 11.8. The number of amides is 3. The molecule has 0 bridgehead atoms. The second-order valence-electron chi connectivity index (χ2n) is 5.46. The van der Waals surface area contributed by atoms with Gasteiger partial charge in [0.25, 0.3) is 11.1 Å². The number of aryl methyl sites for hydroxylation is 1. The quantitative estimate of drug-likeness (QED) is 0.724. The lowest BCUT2D eigenvalue weighted by molar-refractivity contribution is -0.130. The summed E-state index contributed by atoms with van der Waals surface area (Å²) in [6, 6.07) is 4.48. The number of thioether (sulfide) groups is 1. The highest BCUT2D eigenvalue weighted by Crippen LogP contribution is 2.20. The molecule has 0 radical (unpaired) electrons. The van der Waals surface area contributed by atoms with Crippen molar-refractivity contribution in [3.8, 4) is 5.75 Å². The molecule has 0 unspecified atom stereocenters. The van der Waals surface area contributed by atoms with Gasteiger partial charge in [0.1, 0.15) is 11.3 Å². The van der Waals surface area contributed by atoms with Crippen LogP contribution in [0.4, 0.5) is 4.79 Å². The van der Waals surface area contributed by atoms with Crippen LogP contribution in [0.1, 0.15) is 22.8 Å². The molecule has 1 heterocycles. The van der Waals surface area contributed by atoms with E-state index >= 15 is 0 Å². The van der Waals surface area contributed by atoms with E-state index in [1.807, 2.05) is 0 Å². The number of esters is 1. The van der Waals surface area contributed by atoms with Crippen molar-refractivity contribution in [2.45, 2.75) is 20.0 Å². The molecular weight excluding hydrogens is 348 g/mol. The van der Waals surface area contributed by atoms with Crippen molar-refractivity contribution in [3.05, 3.63) is 29.3 Å².